The second-order valence-electron chi connectivity index (χ2n) is 26.5. The zero-order chi connectivity index (χ0) is 73.7. The highest BCUT2D eigenvalue weighted by Crippen LogP contribution is 2.45. The molecule has 0 amide bonds. The first-order valence-corrected chi connectivity index (χ1v) is 42.8. The van der Waals surface area contributed by atoms with Crippen LogP contribution in [0.2, 0.25) is 0 Å². The molecule has 0 radical (unpaired) electrons. The highest BCUT2D eigenvalue weighted by atomic mass is 31.2. The Morgan fingerprint density at radius 2 is 0.525 bits per heavy atom. The molecule has 0 rings (SSSR count). The van der Waals surface area contributed by atoms with Gasteiger partial charge in [-0.15, -0.1) is 0 Å². The van der Waals surface area contributed by atoms with Crippen LogP contribution in [0.15, 0.2) is 122 Å². The van der Waals surface area contributed by atoms with Crippen LogP contribution in [-0.2, 0) is 55.8 Å². The van der Waals surface area contributed by atoms with Gasteiger partial charge in [0.1, 0.15) is 25.4 Å². The Balaban J connectivity index is 4.41. The van der Waals surface area contributed by atoms with Gasteiger partial charge in [-0.25, -0.2) is 9.13 Å². The zero-order valence-electron chi connectivity index (χ0n) is 63.5. The van der Waals surface area contributed by atoms with Crippen molar-refractivity contribution in [1.82, 2.24) is 0 Å². The second-order valence-corrected chi connectivity index (χ2v) is 29.4. The molecule has 0 saturated heterocycles. The lowest BCUT2D eigenvalue weighted by molar-refractivity contribution is -0.161. The molecule has 0 aromatic rings. The van der Waals surface area contributed by atoms with Crippen molar-refractivity contribution in [3.05, 3.63) is 122 Å². The minimum atomic E-state index is -4.93. The fourth-order valence-electron chi connectivity index (χ4n) is 10.7. The van der Waals surface area contributed by atoms with Gasteiger partial charge in [0.2, 0.25) is 0 Å². The Morgan fingerprint density at radius 3 is 0.832 bits per heavy atom. The van der Waals surface area contributed by atoms with Crippen molar-refractivity contribution >= 4 is 33.6 Å². The van der Waals surface area contributed by atoms with E-state index in [9.17, 15) is 43.5 Å². The number of hydrogen-bond donors (Lipinski definition) is 4. The number of allylic oxidation sites excluding steroid dienone is 20. The molecular formula is C83H144O16P2. The van der Waals surface area contributed by atoms with E-state index in [4.69, 9.17) is 32.3 Å². The van der Waals surface area contributed by atoms with E-state index in [-0.39, 0.29) is 19.3 Å². The minimum Gasteiger partial charge on any atom is -0.463 e. The van der Waals surface area contributed by atoms with Gasteiger partial charge in [-0.3, -0.25) is 32.5 Å². The third-order valence-electron chi connectivity index (χ3n) is 16.7. The molecule has 582 valence electrons. The van der Waals surface area contributed by atoms with Gasteiger partial charge >= 0.3 is 33.6 Å². The quantitative estimate of drug-likeness (QED) is 0.0146. The molecule has 4 N–H and O–H groups in total. The number of aliphatic hydroxyl groups is 2. The average molecular weight is 1460 g/mol. The summed E-state index contributed by atoms with van der Waals surface area (Å²) < 4.78 is 61.1. The summed E-state index contributed by atoms with van der Waals surface area (Å²) in [5, 5.41) is 20.6. The van der Waals surface area contributed by atoms with E-state index in [0.717, 1.165) is 154 Å². The third-order valence-corrected chi connectivity index (χ3v) is 18.6. The number of phosphoric acid groups is 2. The van der Waals surface area contributed by atoms with E-state index in [1.807, 2.05) is 0 Å². The molecule has 5 unspecified atom stereocenters. The molecular weight excluding hydrogens is 1310 g/mol. The van der Waals surface area contributed by atoms with E-state index in [0.29, 0.717) is 19.3 Å². The molecule has 5 atom stereocenters. The summed E-state index contributed by atoms with van der Waals surface area (Å²) in [6.45, 7) is 2.45. The van der Waals surface area contributed by atoms with Gasteiger partial charge in [-0.05, 0) is 109 Å². The molecule has 0 aromatic carbocycles. The number of esters is 3. The largest absolute Gasteiger partial charge is 0.472 e. The van der Waals surface area contributed by atoms with Gasteiger partial charge in [0.15, 0.2) is 6.10 Å². The zero-order valence-corrected chi connectivity index (χ0v) is 65.3. The molecule has 101 heavy (non-hydrogen) atoms. The van der Waals surface area contributed by atoms with Crippen molar-refractivity contribution in [1.29, 1.82) is 0 Å². The highest BCUT2D eigenvalue weighted by Gasteiger charge is 2.29. The lowest BCUT2D eigenvalue weighted by atomic mass is 10.0. The molecule has 18 heteroatoms. The van der Waals surface area contributed by atoms with Crippen LogP contribution in [0.4, 0.5) is 0 Å². The fraction of sp³-hybridized carbons (Fsp3) is 0.723. The van der Waals surface area contributed by atoms with Crippen molar-refractivity contribution < 1.29 is 75.8 Å². The Bertz CT molecular complexity index is 2320. The van der Waals surface area contributed by atoms with Gasteiger partial charge in [-0.1, -0.05) is 322 Å². The molecule has 0 fully saturated rings. The molecule has 16 nitrogen and oxygen atoms in total. The average Bonchev–Trinajstić information content (AvgIpc) is 0.947. The number of rotatable bonds is 75. The van der Waals surface area contributed by atoms with Crippen LogP contribution in [0.25, 0.3) is 0 Å². The smallest absolute Gasteiger partial charge is 0.463 e. The standard InChI is InChI=1S/C83H144O16P2/c1-4-7-10-13-16-19-22-24-26-28-30-32-34-35-36-37-38-39-40-41-43-45-46-48-50-52-55-57-60-63-66-69-81(86)93-72-78(84)73-95-100(89,90)96-74-79(85)75-97-101(91,92)98-77-80(99-83(88)71-68-65-62-59-54-21-18-15-12-9-6-3)76-94-82(87)70-67-64-61-58-56-53-51-49-47-44-42-33-31-29-27-25-23-20-17-14-11-8-5-2/h7-8,10-11,16-17,19-20,24-27,30-33,35-36,44,47,78-80,84-85H,4-6,9,12-15,18,21-23,28-29,34,37-43,45-46,48-77H2,1-3H3,(H,89,90)(H,91,92)/b10-7-,11-8-,19-16-,20-17-,26-24-,27-25-,32-30-,33-31-,36-35-,47-44-. The van der Waals surface area contributed by atoms with Crippen LogP contribution in [0.5, 0.6) is 0 Å². The number of carbonyl (C=O) groups is 3. The maximum atomic E-state index is 12.9. The van der Waals surface area contributed by atoms with Crippen molar-refractivity contribution in [2.24, 2.45) is 0 Å². The Morgan fingerprint density at radius 1 is 0.287 bits per heavy atom. The lowest BCUT2D eigenvalue weighted by Gasteiger charge is -2.21. The normalized spacial score (nSPS) is 14.6. The number of carbonyl (C=O) groups excluding carboxylic acids is 3. The van der Waals surface area contributed by atoms with E-state index in [2.05, 4.69) is 142 Å². The summed E-state index contributed by atoms with van der Waals surface area (Å²) in [6.07, 6.45) is 89.8. The maximum absolute atomic E-state index is 12.9. The van der Waals surface area contributed by atoms with Crippen molar-refractivity contribution in [2.75, 3.05) is 39.6 Å². The second kappa shape index (κ2) is 75.6. The summed E-state index contributed by atoms with van der Waals surface area (Å²) in [7, 11) is -9.78. The summed E-state index contributed by atoms with van der Waals surface area (Å²) in [5.41, 5.74) is 0. The maximum Gasteiger partial charge on any atom is 0.472 e. The van der Waals surface area contributed by atoms with Gasteiger partial charge in [0, 0.05) is 19.3 Å². The molecule has 0 heterocycles. The highest BCUT2D eigenvalue weighted by molar-refractivity contribution is 7.47. The SMILES string of the molecule is CC/C=C\C/C=C\C/C=C\C/C=C\C/C=C\CCCCCCCCCCCCCCCCCC(=O)OCC(O)COP(=O)(O)OCC(O)COP(=O)(O)OCC(COC(=O)CCCCCCCCC/C=C\C/C=C\C/C=C\C/C=C\C/C=C\CC)OC(=O)CCCCCCCCCCCCC. The Kier molecular flexibility index (Phi) is 72.6. The van der Waals surface area contributed by atoms with E-state index in [1.165, 1.54) is 116 Å². The van der Waals surface area contributed by atoms with Gasteiger partial charge in [0.05, 0.1) is 26.4 Å². The predicted molar refractivity (Wildman–Crippen MR) is 417 cm³/mol. The van der Waals surface area contributed by atoms with Crippen LogP contribution >= 0.6 is 15.6 Å². The summed E-state index contributed by atoms with van der Waals surface area (Å²) in [4.78, 5) is 58.6. The van der Waals surface area contributed by atoms with Crippen LogP contribution in [0.1, 0.15) is 329 Å². The predicted octanol–water partition coefficient (Wildman–Crippen LogP) is 23.3. The van der Waals surface area contributed by atoms with Crippen molar-refractivity contribution in [3.63, 3.8) is 0 Å². The molecule has 0 spiro atoms. The van der Waals surface area contributed by atoms with Gasteiger partial charge in [0.25, 0.3) is 0 Å². The first-order valence-electron chi connectivity index (χ1n) is 39.8. The van der Waals surface area contributed by atoms with Gasteiger partial charge in [-0.2, -0.15) is 0 Å². The van der Waals surface area contributed by atoms with Crippen LogP contribution in [0, 0.1) is 0 Å². The van der Waals surface area contributed by atoms with E-state index in [1.54, 1.807) is 0 Å². The number of hydrogen-bond acceptors (Lipinski definition) is 14. The molecule has 0 aliphatic heterocycles. The molecule has 0 aliphatic carbocycles. The van der Waals surface area contributed by atoms with E-state index < -0.39 is 91.5 Å². The molecule has 0 bridgehead atoms. The van der Waals surface area contributed by atoms with Crippen LogP contribution in [0.3, 0.4) is 0 Å². The first-order chi connectivity index (χ1) is 49.2. The molecule has 0 aromatic heterocycles. The van der Waals surface area contributed by atoms with Crippen molar-refractivity contribution in [3.8, 4) is 0 Å². The molecule has 0 saturated carbocycles. The summed E-state index contributed by atoms with van der Waals surface area (Å²) >= 11 is 0. The number of unbranched alkanes of at least 4 members (excludes halogenated alkanes) is 32. The van der Waals surface area contributed by atoms with Crippen LogP contribution < -0.4 is 0 Å². The number of ether oxygens (including phenoxy) is 3. The summed E-state index contributed by atoms with van der Waals surface area (Å²) in [6, 6.07) is 0. The Labute approximate surface area is 614 Å². The number of phosphoric ester groups is 2. The van der Waals surface area contributed by atoms with E-state index >= 15 is 0 Å². The topological polar surface area (TPSA) is 231 Å². The lowest BCUT2D eigenvalue weighted by Crippen LogP contribution is -2.30. The van der Waals surface area contributed by atoms with Crippen molar-refractivity contribution in [2.45, 2.75) is 347 Å². The minimum absolute atomic E-state index is 0.103. The molecule has 0 aliphatic rings. The summed E-state index contributed by atoms with van der Waals surface area (Å²) in [5.74, 6) is -1.58. The first kappa shape index (κ1) is 97.0. The van der Waals surface area contributed by atoms with Crippen LogP contribution in [-0.4, -0.2) is 95.9 Å². The third kappa shape index (κ3) is 76.9. The fourth-order valence-corrected chi connectivity index (χ4v) is 12.3. The Hall–Kier alpha value is -4.05. The van der Waals surface area contributed by atoms with Gasteiger partial charge < -0.3 is 34.2 Å². The number of aliphatic hydroxyl groups excluding tert-OH is 2. The monoisotopic (exact) mass is 1460 g/mol.